The van der Waals surface area contributed by atoms with Crippen molar-refractivity contribution in [1.82, 2.24) is 0 Å². The van der Waals surface area contributed by atoms with Gasteiger partial charge in [-0.3, -0.25) is 0 Å². The topological polar surface area (TPSA) is 20.2 Å². The fraction of sp³-hybridized carbons (Fsp3) is 0.143. The van der Waals surface area contributed by atoms with Gasteiger partial charge in [-0.1, -0.05) is 41.4 Å². The van der Waals surface area contributed by atoms with Crippen LogP contribution in [0.3, 0.4) is 0 Å². The number of hydrogen-bond acceptors (Lipinski definition) is 1. The van der Waals surface area contributed by atoms with Gasteiger partial charge < -0.3 is 5.11 Å². The molecule has 0 aliphatic rings. The Morgan fingerprint density at radius 2 is 1.89 bits per heavy atom. The molecule has 2 rings (SSSR count). The van der Waals surface area contributed by atoms with Crippen LogP contribution in [0.4, 0.5) is 0 Å². The van der Waals surface area contributed by atoms with Crippen LogP contribution in [0.1, 0.15) is 17.2 Å². The number of halogens is 3. The SMILES string of the molecule is OC(Cc1cccc(Cl)c1)c1ccc(Cl)c(Br)c1. The predicted molar refractivity (Wildman–Crippen MR) is 79.3 cm³/mol. The van der Waals surface area contributed by atoms with Gasteiger partial charge >= 0.3 is 0 Å². The Balaban J connectivity index is 2.16. The van der Waals surface area contributed by atoms with Crippen molar-refractivity contribution in [2.24, 2.45) is 0 Å². The molecule has 2 aromatic carbocycles. The summed E-state index contributed by atoms with van der Waals surface area (Å²) in [6, 6.07) is 12.9. The summed E-state index contributed by atoms with van der Waals surface area (Å²) in [6.45, 7) is 0. The minimum atomic E-state index is -0.572. The van der Waals surface area contributed by atoms with E-state index in [4.69, 9.17) is 23.2 Å². The van der Waals surface area contributed by atoms with Crippen LogP contribution in [0.25, 0.3) is 0 Å². The molecule has 0 bridgehead atoms. The van der Waals surface area contributed by atoms with E-state index in [9.17, 15) is 5.11 Å². The maximum absolute atomic E-state index is 10.2. The summed E-state index contributed by atoms with van der Waals surface area (Å²) in [6.07, 6.45) is -0.0497. The molecule has 1 atom stereocenters. The minimum Gasteiger partial charge on any atom is -0.388 e. The average molecular weight is 346 g/mol. The van der Waals surface area contributed by atoms with Gasteiger partial charge in [-0.25, -0.2) is 0 Å². The molecular weight excluding hydrogens is 335 g/mol. The Morgan fingerprint density at radius 1 is 1.11 bits per heavy atom. The quantitative estimate of drug-likeness (QED) is 0.826. The average Bonchev–Trinajstić information content (AvgIpc) is 2.32. The summed E-state index contributed by atoms with van der Waals surface area (Å²) in [5.41, 5.74) is 1.83. The van der Waals surface area contributed by atoms with E-state index in [1.807, 2.05) is 36.4 Å². The molecule has 94 valence electrons. The molecule has 2 aromatic rings. The van der Waals surface area contributed by atoms with Crippen LogP contribution in [-0.2, 0) is 6.42 Å². The van der Waals surface area contributed by atoms with Crippen LogP contribution < -0.4 is 0 Å². The van der Waals surface area contributed by atoms with E-state index in [2.05, 4.69) is 15.9 Å². The maximum Gasteiger partial charge on any atom is 0.0830 e. The molecule has 18 heavy (non-hydrogen) atoms. The summed E-state index contributed by atoms with van der Waals surface area (Å²) in [7, 11) is 0. The van der Waals surface area contributed by atoms with Crippen molar-refractivity contribution in [3.05, 3.63) is 68.1 Å². The molecule has 0 radical (unpaired) electrons. The Labute approximate surface area is 124 Å². The van der Waals surface area contributed by atoms with E-state index in [0.29, 0.717) is 16.5 Å². The van der Waals surface area contributed by atoms with Crippen molar-refractivity contribution in [2.45, 2.75) is 12.5 Å². The Hall–Kier alpha value is -0.540. The van der Waals surface area contributed by atoms with Crippen molar-refractivity contribution in [3.63, 3.8) is 0 Å². The molecule has 1 unspecified atom stereocenters. The second kappa shape index (κ2) is 6.07. The van der Waals surface area contributed by atoms with Crippen LogP contribution >= 0.6 is 39.1 Å². The van der Waals surface area contributed by atoms with E-state index >= 15 is 0 Å². The lowest BCUT2D eigenvalue weighted by Crippen LogP contribution is -2.01. The van der Waals surface area contributed by atoms with Crippen LogP contribution in [0.5, 0.6) is 0 Å². The van der Waals surface area contributed by atoms with Gasteiger partial charge in [0, 0.05) is 15.9 Å². The highest BCUT2D eigenvalue weighted by atomic mass is 79.9. The van der Waals surface area contributed by atoms with Gasteiger partial charge in [0.1, 0.15) is 0 Å². The molecular formula is C14H11BrCl2O. The highest BCUT2D eigenvalue weighted by Gasteiger charge is 2.10. The Bertz CT molecular complexity index is 557. The maximum atomic E-state index is 10.2. The fourth-order valence-electron chi connectivity index (χ4n) is 1.72. The lowest BCUT2D eigenvalue weighted by Gasteiger charge is -2.12. The molecule has 4 heteroatoms. The number of aliphatic hydroxyl groups excluding tert-OH is 1. The number of benzene rings is 2. The number of rotatable bonds is 3. The van der Waals surface area contributed by atoms with Crippen molar-refractivity contribution >= 4 is 39.1 Å². The standard InChI is InChI=1S/C14H11BrCl2O/c15-12-8-10(4-5-13(12)17)14(18)7-9-2-1-3-11(16)6-9/h1-6,8,14,18H,7H2. The van der Waals surface area contributed by atoms with Gasteiger partial charge in [-0.05, 0) is 51.3 Å². The Kier molecular flexibility index (Phi) is 4.68. The smallest absolute Gasteiger partial charge is 0.0830 e. The molecule has 0 aliphatic carbocycles. The second-order valence-electron chi connectivity index (χ2n) is 4.02. The summed E-state index contributed by atoms with van der Waals surface area (Å²) >= 11 is 15.2. The lowest BCUT2D eigenvalue weighted by atomic mass is 10.0. The highest BCUT2D eigenvalue weighted by molar-refractivity contribution is 9.10. The fourth-order valence-corrected chi connectivity index (χ4v) is 2.45. The summed E-state index contributed by atoms with van der Waals surface area (Å²) < 4.78 is 0.784. The molecule has 0 saturated heterocycles. The molecule has 0 amide bonds. The first-order valence-corrected chi connectivity index (χ1v) is 6.98. The molecule has 1 N–H and O–H groups in total. The third kappa shape index (κ3) is 3.48. The van der Waals surface area contributed by atoms with Crippen LogP contribution in [-0.4, -0.2) is 5.11 Å². The molecule has 0 fully saturated rings. The Morgan fingerprint density at radius 3 is 2.56 bits per heavy atom. The van der Waals surface area contributed by atoms with E-state index in [1.165, 1.54) is 0 Å². The highest BCUT2D eigenvalue weighted by Crippen LogP contribution is 2.27. The zero-order valence-corrected chi connectivity index (χ0v) is 12.5. The number of hydrogen-bond donors (Lipinski definition) is 1. The van der Waals surface area contributed by atoms with Gasteiger partial charge in [0.25, 0.3) is 0 Å². The normalized spacial score (nSPS) is 12.4. The van der Waals surface area contributed by atoms with Crippen molar-refractivity contribution in [1.29, 1.82) is 0 Å². The zero-order chi connectivity index (χ0) is 13.1. The van der Waals surface area contributed by atoms with E-state index in [1.54, 1.807) is 6.07 Å². The summed E-state index contributed by atoms with van der Waals surface area (Å²) in [5, 5.41) is 11.5. The molecule has 0 aromatic heterocycles. The van der Waals surface area contributed by atoms with Crippen LogP contribution in [0, 0.1) is 0 Å². The first kappa shape index (κ1) is 13.9. The molecule has 0 spiro atoms. The zero-order valence-electron chi connectivity index (χ0n) is 9.41. The molecule has 1 nitrogen and oxygen atoms in total. The molecule has 0 aliphatic heterocycles. The third-order valence-electron chi connectivity index (χ3n) is 2.65. The van der Waals surface area contributed by atoms with E-state index in [0.717, 1.165) is 15.6 Å². The monoisotopic (exact) mass is 344 g/mol. The van der Waals surface area contributed by atoms with Gasteiger partial charge in [0.15, 0.2) is 0 Å². The predicted octanol–water partition coefficient (Wildman–Crippen LogP) is 5.03. The minimum absolute atomic E-state index is 0.522. The largest absolute Gasteiger partial charge is 0.388 e. The summed E-state index contributed by atoms with van der Waals surface area (Å²) in [4.78, 5) is 0. The van der Waals surface area contributed by atoms with E-state index < -0.39 is 6.10 Å². The van der Waals surface area contributed by atoms with Crippen molar-refractivity contribution in [2.75, 3.05) is 0 Å². The number of aliphatic hydroxyl groups is 1. The van der Waals surface area contributed by atoms with Gasteiger partial charge in [-0.15, -0.1) is 0 Å². The van der Waals surface area contributed by atoms with Gasteiger partial charge in [0.05, 0.1) is 11.1 Å². The first-order chi connectivity index (χ1) is 8.56. The summed E-state index contributed by atoms with van der Waals surface area (Å²) in [5.74, 6) is 0. The first-order valence-electron chi connectivity index (χ1n) is 5.44. The molecule has 0 saturated carbocycles. The second-order valence-corrected chi connectivity index (χ2v) is 5.72. The van der Waals surface area contributed by atoms with Crippen molar-refractivity contribution in [3.8, 4) is 0 Å². The lowest BCUT2D eigenvalue weighted by molar-refractivity contribution is 0.178. The van der Waals surface area contributed by atoms with Crippen molar-refractivity contribution < 1.29 is 5.11 Å². The molecule has 0 heterocycles. The van der Waals surface area contributed by atoms with Crippen LogP contribution in [0.15, 0.2) is 46.9 Å². The van der Waals surface area contributed by atoms with Crippen LogP contribution in [0.2, 0.25) is 10.0 Å². The van der Waals surface area contributed by atoms with Gasteiger partial charge in [0.2, 0.25) is 0 Å². The third-order valence-corrected chi connectivity index (χ3v) is 4.10. The van der Waals surface area contributed by atoms with Gasteiger partial charge in [-0.2, -0.15) is 0 Å². The van der Waals surface area contributed by atoms with E-state index in [-0.39, 0.29) is 0 Å².